The van der Waals surface area contributed by atoms with Crippen LogP contribution in [0.4, 0.5) is 0 Å². The van der Waals surface area contributed by atoms with E-state index in [0.29, 0.717) is 38.9 Å². The van der Waals surface area contributed by atoms with Crippen LogP contribution in [0.2, 0.25) is 5.02 Å². The molecule has 2 heterocycles. The molecule has 2 aromatic carbocycles. The third-order valence-corrected chi connectivity index (χ3v) is 5.08. The number of allylic oxidation sites excluding steroid dienone is 1. The van der Waals surface area contributed by atoms with Gasteiger partial charge < -0.3 is 19.9 Å². The quantitative estimate of drug-likeness (QED) is 0.719. The monoisotopic (exact) mass is 393 g/mol. The first-order valence-electron chi connectivity index (χ1n) is 8.45. The fourth-order valence-electron chi connectivity index (χ4n) is 3.48. The molecule has 0 aliphatic carbocycles. The number of nitrogens with zero attached hydrogens (tertiary/aromatic N) is 2. The van der Waals surface area contributed by atoms with Gasteiger partial charge in [-0.1, -0.05) is 17.7 Å². The SMILES string of the molecule is COc1ccc(C2C(C#N)=C(N)Oc3c2cc(Cl)c2cccnc32)cc1OC. The Morgan fingerprint density at radius 2 is 1.96 bits per heavy atom. The molecule has 0 bridgehead atoms. The van der Waals surface area contributed by atoms with Gasteiger partial charge in [0.05, 0.1) is 25.2 Å². The van der Waals surface area contributed by atoms with Crippen LogP contribution in [-0.2, 0) is 0 Å². The first-order valence-corrected chi connectivity index (χ1v) is 8.83. The number of methoxy groups -OCH3 is 2. The Hall–Kier alpha value is -3.43. The summed E-state index contributed by atoms with van der Waals surface area (Å²) in [6.07, 6.45) is 1.66. The molecule has 3 aromatic rings. The van der Waals surface area contributed by atoms with Gasteiger partial charge in [0.1, 0.15) is 17.2 Å². The number of aromatic nitrogens is 1. The maximum absolute atomic E-state index is 9.76. The van der Waals surface area contributed by atoms with Gasteiger partial charge in [0.25, 0.3) is 0 Å². The summed E-state index contributed by atoms with van der Waals surface area (Å²) in [5.74, 6) is 1.21. The zero-order chi connectivity index (χ0) is 19.8. The molecule has 4 rings (SSSR count). The number of benzene rings is 2. The fourth-order valence-corrected chi connectivity index (χ4v) is 3.75. The zero-order valence-corrected chi connectivity index (χ0v) is 15.9. The van der Waals surface area contributed by atoms with E-state index < -0.39 is 5.92 Å². The van der Waals surface area contributed by atoms with Gasteiger partial charge in [-0.2, -0.15) is 5.26 Å². The van der Waals surface area contributed by atoms with E-state index in [0.717, 1.165) is 10.9 Å². The molecule has 0 spiro atoms. The van der Waals surface area contributed by atoms with E-state index in [1.807, 2.05) is 18.2 Å². The average molecular weight is 394 g/mol. The number of nitriles is 1. The Balaban J connectivity index is 2.01. The first-order chi connectivity index (χ1) is 13.6. The third kappa shape index (κ3) is 2.68. The van der Waals surface area contributed by atoms with Gasteiger partial charge in [-0.15, -0.1) is 0 Å². The van der Waals surface area contributed by atoms with Gasteiger partial charge >= 0.3 is 0 Å². The highest BCUT2D eigenvalue weighted by Crippen LogP contribution is 2.47. The van der Waals surface area contributed by atoms with Crippen molar-refractivity contribution in [2.24, 2.45) is 5.73 Å². The lowest BCUT2D eigenvalue weighted by Gasteiger charge is -2.27. The van der Waals surface area contributed by atoms with Gasteiger partial charge in [0, 0.05) is 17.1 Å². The van der Waals surface area contributed by atoms with Crippen LogP contribution in [0, 0.1) is 11.3 Å². The van der Waals surface area contributed by atoms with Gasteiger partial charge in [0.15, 0.2) is 17.2 Å². The van der Waals surface area contributed by atoms with E-state index in [2.05, 4.69) is 11.1 Å². The van der Waals surface area contributed by atoms with Crippen LogP contribution in [0.1, 0.15) is 17.0 Å². The minimum atomic E-state index is -0.475. The zero-order valence-electron chi connectivity index (χ0n) is 15.2. The average Bonchev–Trinajstić information content (AvgIpc) is 2.73. The minimum absolute atomic E-state index is 0.0454. The molecule has 1 aliphatic rings. The summed E-state index contributed by atoms with van der Waals surface area (Å²) in [7, 11) is 3.13. The van der Waals surface area contributed by atoms with E-state index in [4.69, 9.17) is 31.5 Å². The molecule has 0 radical (unpaired) electrons. The van der Waals surface area contributed by atoms with Crippen LogP contribution in [0.3, 0.4) is 0 Å². The van der Waals surface area contributed by atoms with Crippen molar-refractivity contribution in [2.75, 3.05) is 14.2 Å². The smallest absolute Gasteiger partial charge is 0.205 e. The first kappa shape index (κ1) is 18.0. The largest absolute Gasteiger partial charge is 0.493 e. The number of fused-ring (bicyclic) bond motifs is 3. The second-order valence-corrected chi connectivity index (χ2v) is 6.62. The molecule has 0 saturated heterocycles. The molecule has 28 heavy (non-hydrogen) atoms. The normalized spacial score (nSPS) is 15.6. The molecule has 1 atom stereocenters. The summed E-state index contributed by atoms with van der Waals surface area (Å²) in [6, 6.07) is 13.1. The van der Waals surface area contributed by atoms with Gasteiger partial charge in [0.2, 0.25) is 5.88 Å². The van der Waals surface area contributed by atoms with Crippen molar-refractivity contribution in [1.82, 2.24) is 4.98 Å². The number of pyridine rings is 1. The van der Waals surface area contributed by atoms with Crippen molar-refractivity contribution >= 4 is 22.5 Å². The highest BCUT2D eigenvalue weighted by Gasteiger charge is 2.33. The summed E-state index contributed by atoms with van der Waals surface area (Å²) in [5, 5.41) is 11.0. The molecular formula is C21H16ClN3O3. The van der Waals surface area contributed by atoms with Crippen LogP contribution in [0.25, 0.3) is 10.9 Å². The van der Waals surface area contributed by atoms with Crippen molar-refractivity contribution in [3.8, 4) is 23.3 Å². The Bertz CT molecular complexity index is 1170. The lowest BCUT2D eigenvalue weighted by Crippen LogP contribution is -2.21. The molecule has 140 valence electrons. The second kappa shape index (κ2) is 6.95. The molecule has 6 nitrogen and oxygen atoms in total. The standard InChI is InChI=1S/C21H16ClN3O3/c1-26-16-6-5-11(8-17(16)27-2)18-13-9-15(22)12-4-3-7-25-19(12)20(13)28-21(24)14(18)10-23/h3-9,18H,24H2,1-2H3. The van der Waals surface area contributed by atoms with E-state index >= 15 is 0 Å². The predicted octanol–water partition coefficient (Wildman–Crippen LogP) is 4.12. The number of halogens is 1. The van der Waals surface area contributed by atoms with E-state index in [9.17, 15) is 5.26 Å². The number of rotatable bonds is 3. The topological polar surface area (TPSA) is 90.4 Å². The molecule has 0 fully saturated rings. The lowest BCUT2D eigenvalue weighted by molar-refractivity contribution is 0.354. The highest BCUT2D eigenvalue weighted by molar-refractivity contribution is 6.35. The van der Waals surface area contributed by atoms with E-state index in [1.165, 1.54) is 0 Å². The van der Waals surface area contributed by atoms with E-state index in [1.54, 1.807) is 38.6 Å². The molecule has 7 heteroatoms. The summed E-state index contributed by atoms with van der Waals surface area (Å²) >= 11 is 6.51. The second-order valence-electron chi connectivity index (χ2n) is 6.22. The number of ether oxygens (including phenoxy) is 3. The van der Waals surface area contributed by atoms with E-state index in [-0.39, 0.29) is 5.88 Å². The van der Waals surface area contributed by atoms with Gasteiger partial charge in [-0.05, 0) is 35.9 Å². The van der Waals surface area contributed by atoms with Crippen LogP contribution < -0.4 is 19.9 Å². The predicted molar refractivity (Wildman–Crippen MR) is 106 cm³/mol. The summed E-state index contributed by atoms with van der Waals surface area (Å²) in [5.41, 5.74) is 8.51. The van der Waals surface area contributed by atoms with Crippen LogP contribution in [0.5, 0.6) is 17.2 Å². The maximum Gasteiger partial charge on any atom is 0.205 e. The van der Waals surface area contributed by atoms with Crippen molar-refractivity contribution in [3.63, 3.8) is 0 Å². The number of hydrogen-bond acceptors (Lipinski definition) is 6. The van der Waals surface area contributed by atoms with Crippen LogP contribution in [-0.4, -0.2) is 19.2 Å². The maximum atomic E-state index is 9.76. The van der Waals surface area contributed by atoms with Gasteiger partial charge in [-0.3, -0.25) is 4.98 Å². The molecule has 1 aromatic heterocycles. The lowest BCUT2D eigenvalue weighted by atomic mass is 9.83. The van der Waals surface area contributed by atoms with Crippen molar-refractivity contribution in [3.05, 3.63) is 70.2 Å². The fraction of sp³-hybridized carbons (Fsp3) is 0.143. The molecular weight excluding hydrogens is 378 g/mol. The molecule has 2 N–H and O–H groups in total. The van der Waals surface area contributed by atoms with Crippen molar-refractivity contribution < 1.29 is 14.2 Å². The summed E-state index contributed by atoms with van der Waals surface area (Å²) < 4.78 is 16.6. The number of hydrogen-bond donors (Lipinski definition) is 1. The Labute approximate surface area is 166 Å². The third-order valence-electron chi connectivity index (χ3n) is 4.76. The Morgan fingerprint density at radius 3 is 2.68 bits per heavy atom. The van der Waals surface area contributed by atoms with Gasteiger partial charge in [-0.25, -0.2) is 0 Å². The van der Waals surface area contributed by atoms with Crippen LogP contribution in [0.15, 0.2) is 54.1 Å². The molecule has 1 aliphatic heterocycles. The Kier molecular flexibility index (Phi) is 4.46. The van der Waals surface area contributed by atoms with Crippen LogP contribution >= 0.6 is 11.6 Å². The van der Waals surface area contributed by atoms with Crippen molar-refractivity contribution in [1.29, 1.82) is 5.26 Å². The van der Waals surface area contributed by atoms with Crippen molar-refractivity contribution in [2.45, 2.75) is 5.92 Å². The number of nitrogens with two attached hydrogens (primary N) is 1. The summed E-state index contributed by atoms with van der Waals surface area (Å²) in [4.78, 5) is 4.41. The minimum Gasteiger partial charge on any atom is -0.493 e. The summed E-state index contributed by atoms with van der Waals surface area (Å²) in [6.45, 7) is 0. The molecule has 0 amide bonds. The molecule has 1 unspecified atom stereocenters. The highest BCUT2D eigenvalue weighted by atomic mass is 35.5. The molecule has 0 saturated carbocycles. The Morgan fingerprint density at radius 1 is 1.18 bits per heavy atom.